The monoisotopic (exact) mass is 224 g/mol. The molecule has 0 aromatic rings. The Morgan fingerprint density at radius 2 is 1.81 bits per heavy atom. The third-order valence-electron chi connectivity index (χ3n) is 4.84. The third kappa shape index (κ3) is 2.98. The van der Waals surface area contributed by atoms with Crippen molar-refractivity contribution in [3.63, 3.8) is 0 Å². The molecule has 2 nitrogen and oxygen atoms in total. The maximum Gasteiger partial charge on any atom is 0.00889 e. The van der Waals surface area contributed by atoms with Gasteiger partial charge < -0.3 is 10.6 Å². The summed E-state index contributed by atoms with van der Waals surface area (Å²) in [5.74, 6) is 2.59. The number of rotatable bonds is 2. The van der Waals surface area contributed by atoms with Crippen molar-refractivity contribution in [3.05, 3.63) is 0 Å². The number of likely N-dealkylation sites (tertiary alicyclic amines) is 1. The van der Waals surface area contributed by atoms with E-state index in [4.69, 9.17) is 5.73 Å². The molecular formula is C14H28N2. The molecule has 0 amide bonds. The molecule has 94 valence electrons. The van der Waals surface area contributed by atoms with Crippen molar-refractivity contribution < 1.29 is 0 Å². The molecule has 2 rings (SSSR count). The minimum atomic E-state index is 0.444. The van der Waals surface area contributed by atoms with E-state index in [0.717, 1.165) is 11.8 Å². The van der Waals surface area contributed by atoms with E-state index in [-0.39, 0.29) is 0 Å². The lowest BCUT2D eigenvalue weighted by molar-refractivity contribution is 0.110. The molecule has 1 saturated carbocycles. The number of hydrogen-bond donors (Lipinski definition) is 1. The Bertz CT molecular complexity index is 217. The predicted molar refractivity (Wildman–Crippen MR) is 69.3 cm³/mol. The first kappa shape index (κ1) is 12.4. The van der Waals surface area contributed by atoms with Crippen molar-refractivity contribution in [2.75, 3.05) is 19.6 Å². The molecular weight excluding hydrogens is 196 g/mol. The van der Waals surface area contributed by atoms with Gasteiger partial charge in [0.25, 0.3) is 0 Å². The normalized spacial score (nSPS) is 42.2. The first-order chi connectivity index (χ1) is 7.66. The van der Waals surface area contributed by atoms with Crippen LogP contribution in [0.3, 0.4) is 0 Å². The van der Waals surface area contributed by atoms with E-state index in [1.165, 1.54) is 51.7 Å². The maximum atomic E-state index is 6.07. The van der Waals surface area contributed by atoms with Gasteiger partial charge in [-0.1, -0.05) is 33.1 Å². The number of hydrogen-bond acceptors (Lipinski definition) is 2. The average molecular weight is 224 g/mol. The van der Waals surface area contributed by atoms with Crippen LogP contribution < -0.4 is 5.73 Å². The Morgan fingerprint density at radius 3 is 2.50 bits per heavy atom. The molecule has 1 saturated heterocycles. The van der Waals surface area contributed by atoms with Gasteiger partial charge in [-0.25, -0.2) is 0 Å². The second kappa shape index (κ2) is 5.50. The van der Waals surface area contributed by atoms with Gasteiger partial charge in [0.2, 0.25) is 0 Å². The molecule has 16 heavy (non-hydrogen) atoms. The first-order valence-corrected chi connectivity index (χ1v) is 7.14. The van der Waals surface area contributed by atoms with E-state index >= 15 is 0 Å². The molecule has 0 aromatic heterocycles. The van der Waals surface area contributed by atoms with Gasteiger partial charge in [-0.3, -0.25) is 0 Å². The van der Waals surface area contributed by atoms with Crippen LogP contribution in [0, 0.1) is 17.8 Å². The van der Waals surface area contributed by atoms with E-state index in [0.29, 0.717) is 12.0 Å². The lowest BCUT2D eigenvalue weighted by atomic mass is 9.79. The molecule has 2 N–H and O–H groups in total. The molecule has 2 aliphatic rings. The van der Waals surface area contributed by atoms with Gasteiger partial charge in [0.15, 0.2) is 0 Å². The Balaban J connectivity index is 1.80. The quantitative estimate of drug-likeness (QED) is 0.781. The van der Waals surface area contributed by atoms with Gasteiger partial charge in [-0.15, -0.1) is 0 Å². The molecule has 0 radical (unpaired) electrons. The highest BCUT2D eigenvalue weighted by molar-refractivity contribution is 4.83. The van der Waals surface area contributed by atoms with Crippen LogP contribution in [0.2, 0.25) is 0 Å². The Morgan fingerprint density at radius 1 is 1.06 bits per heavy atom. The lowest BCUT2D eigenvalue weighted by Gasteiger charge is -2.39. The number of nitrogens with two attached hydrogens (primary N) is 1. The van der Waals surface area contributed by atoms with E-state index < -0.39 is 0 Å². The Hall–Kier alpha value is -0.0800. The van der Waals surface area contributed by atoms with Crippen molar-refractivity contribution >= 4 is 0 Å². The standard InChI is InChI=1S/C14H28N2/c1-11-5-3-4-6-13(11)10-16-8-7-14(15)12(2)9-16/h11-14H,3-10,15H2,1-2H3. The summed E-state index contributed by atoms with van der Waals surface area (Å²) in [6, 6.07) is 0.444. The predicted octanol–water partition coefficient (Wildman–Crippen LogP) is 2.48. The summed E-state index contributed by atoms with van der Waals surface area (Å²) in [6.45, 7) is 8.54. The lowest BCUT2D eigenvalue weighted by Crippen LogP contribution is -2.47. The van der Waals surface area contributed by atoms with Crippen LogP contribution in [0.4, 0.5) is 0 Å². The van der Waals surface area contributed by atoms with Crippen molar-refractivity contribution in [2.24, 2.45) is 23.5 Å². The minimum Gasteiger partial charge on any atom is -0.327 e. The van der Waals surface area contributed by atoms with Crippen LogP contribution in [0.5, 0.6) is 0 Å². The van der Waals surface area contributed by atoms with Gasteiger partial charge in [0.05, 0.1) is 0 Å². The maximum absolute atomic E-state index is 6.07. The Labute approximate surface area is 101 Å². The van der Waals surface area contributed by atoms with Gasteiger partial charge in [-0.2, -0.15) is 0 Å². The van der Waals surface area contributed by atoms with Crippen molar-refractivity contribution in [1.82, 2.24) is 4.90 Å². The zero-order chi connectivity index (χ0) is 11.5. The SMILES string of the molecule is CC1CN(CC2CCCCC2C)CCC1N. The van der Waals surface area contributed by atoms with Crippen LogP contribution in [-0.4, -0.2) is 30.6 Å². The van der Waals surface area contributed by atoms with Gasteiger partial charge >= 0.3 is 0 Å². The summed E-state index contributed by atoms with van der Waals surface area (Å²) in [4.78, 5) is 2.67. The summed E-state index contributed by atoms with van der Waals surface area (Å²) in [6.07, 6.45) is 7.02. The smallest absolute Gasteiger partial charge is 0.00889 e. The van der Waals surface area contributed by atoms with E-state index in [1.807, 2.05) is 0 Å². The first-order valence-electron chi connectivity index (χ1n) is 7.14. The molecule has 0 bridgehead atoms. The number of nitrogens with zero attached hydrogens (tertiary/aromatic N) is 1. The molecule has 1 aliphatic carbocycles. The van der Waals surface area contributed by atoms with Crippen molar-refractivity contribution in [1.29, 1.82) is 0 Å². The highest BCUT2D eigenvalue weighted by Gasteiger charge is 2.27. The van der Waals surface area contributed by atoms with Gasteiger partial charge in [-0.05, 0) is 37.1 Å². The van der Waals surface area contributed by atoms with Gasteiger partial charge in [0.1, 0.15) is 0 Å². The molecule has 4 atom stereocenters. The highest BCUT2D eigenvalue weighted by Crippen LogP contribution is 2.31. The second-order valence-electron chi connectivity index (χ2n) is 6.21. The number of piperidine rings is 1. The molecule has 4 unspecified atom stereocenters. The van der Waals surface area contributed by atoms with Crippen LogP contribution in [0.15, 0.2) is 0 Å². The summed E-state index contributed by atoms with van der Waals surface area (Å²) in [5.41, 5.74) is 6.07. The summed E-state index contributed by atoms with van der Waals surface area (Å²) < 4.78 is 0. The summed E-state index contributed by atoms with van der Waals surface area (Å²) >= 11 is 0. The van der Waals surface area contributed by atoms with E-state index in [2.05, 4.69) is 18.7 Å². The van der Waals surface area contributed by atoms with Crippen LogP contribution in [0.1, 0.15) is 46.0 Å². The molecule has 0 spiro atoms. The van der Waals surface area contributed by atoms with E-state index in [9.17, 15) is 0 Å². The fourth-order valence-corrected chi connectivity index (χ4v) is 3.41. The second-order valence-corrected chi connectivity index (χ2v) is 6.21. The van der Waals surface area contributed by atoms with E-state index in [1.54, 1.807) is 0 Å². The largest absolute Gasteiger partial charge is 0.327 e. The fraction of sp³-hybridized carbons (Fsp3) is 1.00. The van der Waals surface area contributed by atoms with Crippen LogP contribution >= 0.6 is 0 Å². The van der Waals surface area contributed by atoms with Crippen LogP contribution in [0.25, 0.3) is 0 Å². The Kier molecular flexibility index (Phi) is 4.26. The topological polar surface area (TPSA) is 29.3 Å². The molecule has 2 fully saturated rings. The molecule has 2 heteroatoms. The molecule has 0 aromatic carbocycles. The third-order valence-corrected chi connectivity index (χ3v) is 4.84. The van der Waals surface area contributed by atoms with Crippen LogP contribution in [-0.2, 0) is 0 Å². The summed E-state index contributed by atoms with van der Waals surface area (Å²) in [5, 5.41) is 0. The summed E-state index contributed by atoms with van der Waals surface area (Å²) in [7, 11) is 0. The fourth-order valence-electron chi connectivity index (χ4n) is 3.41. The highest BCUT2D eigenvalue weighted by atomic mass is 15.1. The molecule has 1 aliphatic heterocycles. The average Bonchev–Trinajstić information content (AvgIpc) is 2.27. The van der Waals surface area contributed by atoms with Gasteiger partial charge in [0, 0.05) is 19.1 Å². The zero-order valence-electron chi connectivity index (χ0n) is 11.0. The minimum absolute atomic E-state index is 0.444. The van der Waals surface area contributed by atoms with Crippen molar-refractivity contribution in [2.45, 2.75) is 52.0 Å². The molecule has 1 heterocycles. The zero-order valence-corrected chi connectivity index (χ0v) is 11.0. The van der Waals surface area contributed by atoms with Crippen molar-refractivity contribution in [3.8, 4) is 0 Å².